The minimum Gasteiger partial charge on any atom is -0.403 e. The van der Waals surface area contributed by atoms with Crippen molar-refractivity contribution in [3.63, 3.8) is 0 Å². The lowest BCUT2D eigenvalue weighted by molar-refractivity contribution is 0.102. The normalized spacial score (nSPS) is 11.8. The average molecular weight is 614 g/mol. The molecule has 8 heteroatoms. The molecule has 212 valence electrons. The van der Waals surface area contributed by atoms with Crippen LogP contribution >= 0.6 is 23.2 Å². The third-order valence-electron chi connectivity index (χ3n) is 7.46. The van der Waals surface area contributed by atoms with E-state index < -0.39 is 14.2 Å². The van der Waals surface area contributed by atoms with Gasteiger partial charge in [-0.3, -0.25) is 14.6 Å². The summed E-state index contributed by atoms with van der Waals surface area (Å²) in [7, 11) is -2.89. The number of benzene rings is 4. The van der Waals surface area contributed by atoms with Crippen LogP contribution in [0.3, 0.4) is 0 Å². The minimum atomic E-state index is -2.89. The van der Waals surface area contributed by atoms with Crippen LogP contribution in [-0.2, 0) is 11.0 Å². The van der Waals surface area contributed by atoms with E-state index in [2.05, 4.69) is 55.3 Å². The molecule has 0 fully saturated rings. The fourth-order valence-electron chi connectivity index (χ4n) is 5.50. The molecule has 1 N–H and O–H groups in total. The highest BCUT2D eigenvalue weighted by atomic mass is 35.5. The molecule has 0 unspecified atom stereocenters. The Bertz CT molecular complexity index is 1700. The number of para-hydroxylation sites is 1. The van der Waals surface area contributed by atoms with Crippen LogP contribution in [0.1, 0.15) is 47.1 Å². The van der Waals surface area contributed by atoms with Crippen molar-refractivity contribution in [3.05, 3.63) is 130 Å². The summed E-state index contributed by atoms with van der Waals surface area (Å²) in [6, 6.07) is 31.0. The predicted octanol–water partition coefficient (Wildman–Crippen LogP) is 7.68. The average Bonchev–Trinajstić information content (AvgIpc) is 2.98. The Labute approximate surface area is 256 Å². The van der Waals surface area contributed by atoms with Crippen LogP contribution in [0, 0.1) is 0 Å². The standard InChI is InChI=1S/C34H30Cl2N2O3Si/c1-34(2,3)42(24-12-6-4-7-13-24,25-14-8-5-9-15-25)41-22-27-23(21-39)20-37-32-26(27)16-10-19-30(32)38-33(40)31-28(35)17-11-18-29(31)36/h4-21H,22H2,1-3H3,(H,38,40). The molecular weight excluding hydrogens is 583 g/mol. The van der Waals surface area contributed by atoms with Crippen molar-refractivity contribution in [2.45, 2.75) is 32.4 Å². The first-order chi connectivity index (χ1) is 20.2. The van der Waals surface area contributed by atoms with E-state index in [-0.39, 0.29) is 27.3 Å². The highest BCUT2D eigenvalue weighted by Crippen LogP contribution is 2.38. The van der Waals surface area contributed by atoms with Crippen molar-refractivity contribution >= 4 is 70.7 Å². The van der Waals surface area contributed by atoms with Crippen molar-refractivity contribution in [3.8, 4) is 0 Å². The van der Waals surface area contributed by atoms with E-state index in [0.717, 1.165) is 16.7 Å². The third kappa shape index (κ3) is 5.51. The lowest BCUT2D eigenvalue weighted by atomic mass is 10.0. The van der Waals surface area contributed by atoms with Gasteiger partial charge in [-0.05, 0) is 39.2 Å². The van der Waals surface area contributed by atoms with E-state index in [9.17, 15) is 9.59 Å². The molecule has 1 heterocycles. The molecule has 0 aliphatic carbocycles. The number of fused-ring (bicyclic) bond motifs is 1. The lowest BCUT2D eigenvalue weighted by Gasteiger charge is -2.43. The van der Waals surface area contributed by atoms with E-state index >= 15 is 0 Å². The van der Waals surface area contributed by atoms with Crippen LogP contribution in [0.2, 0.25) is 15.1 Å². The highest BCUT2D eigenvalue weighted by Gasteiger charge is 2.50. The fourth-order valence-corrected chi connectivity index (χ4v) is 10.6. The molecule has 0 aliphatic rings. The highest BCUT2D eigenvalue weighted by molar-refractivity contribution is 6.99. The van der Waals surface area contributed by atoms with Gasteiger partial charge in [0.25, 0.3) is 14.2 Å². The smallest absolute Gasteiger partial charge is 0.261 e. The van der Waals surface area contributed by atoms with Gasteiger partial charge in [0.2, 0.25) is 0 Å². The summed E-state index contributed by atoms with van der Waals surface area (Å²) < 4.78 is 7.15. The minimum absolute atomic E-state index is 0.175. The summed E-state index contributed by atoms with van der Waals surface area (Å²) in [6.45, 7) is 6.79. The van der Waals surface area contributed by atoms with Crippen LogP contribution in [0.4, 0.5) is 5.69 Å². The van der Waals surface area contributed by atoms with E-state index in [1.165, 1.54) is 6.20 Å². The van der Waals surface area contributed by atoms with Gasteiger partial charge >= 0.3 is 0 Å². The van der Waals surface area contributed by atoms with Gasteiger partial charge < -0.3 is 9.74 Å². The number of anilines is 1. The Morgan fingerprint density at radius 2 is 1.43 bits per heavy atom. The molecule has 1 amide bonds. The Kier molecular flexibility index (Phi) is 8.62. The van der Waals surface area contributed by atoms with Crippen LogP contribution < -0.4 is 15.7 Å². The van der Waals surface area contributed by atoms with Gasteiger partial charge in [-0.25, -0.2) is 0 Å². The zero-order valence-corrected chi connectivity index (χ0v) is 26.0. The molecule has 0 aliphatic heterocycles. The first-order valence-electron chi connectivity index (χ1n) is 13.5. The molecule has 0 bridgehead atoms. The fraction of sp³-hybridized carbons (Fsp3) is 0.147. The number of hydrogen-bond acceptors (Lipinski definition) is 4. The number of rotatable bonds is 8. The molecule has 1 aromatic heterocycles. The number of carbonyl (C=O) groups is 2. The lowest BCUT2D eigenvalue weighted by Crippen LogP contribution is -2.66. The number of halogens is 2. The first kappa shape index (κ1) is 29.7. The third-order valence-corrected chi connectivity index (χ3v) is 13.1. The van der Waals surface area contributed by atoms with Crippen LogP contribution in [-0.4, -0.2) is 25.5 Å². The molecule has 0 spiro atoms. The Morgan fingerprint density at radius 3 is 1.98 bits per heavy atom. The van der Waals surface area contributed by atoms with Crippen LogP contribution in [0.25, 0.3) is 10.9 Å². The van der Waals surface area contributed by atoms with E-state index in [1.807, 2.05) is 48.5 Å². The largest absolute Gasteiger partial charge is 0.403 e. The van der Waals surface area contributed by atoms with Gasteiger partial charge in [-0.1, -0.05) is 123 Å². The first-order valence-corrected chi connectivity index (χ1v) is 16.2. The van der Waals surface area contributed by atoms with Crippen molar-refractivity contribution in [2.24, 2.45) is 0 Å². The molecule has 0 saturated heterocycles. The summed E-state index contributed by atoms with van der Waals surface area (Å²) >= 11 is 12.6. The monoisotopic (exact) mass is 612 g/mol. The Morgan fingerprint density at radius 1 is 0.857 bits per heavy atom. The number of pyridine rings is 1. The van der Waals surface area contributed by atoms with Crippen LogP contribution in [0.15, 0.2) is 103 Å². The van der Waals surface area contributed by atoms with Crippen molar-refractivity contribution in [1.82, 2.24) is 4.98 Å². The van der Waals surface area contributed by atoms with Gasteiger partial charge in [0.05, 0.1) is 33.4 Å². The Hall–Kier alpha value is -3.81. The molecule has 5 rings (SSSR count). The maximum atomic E-state index is 13.2. The van der Waals surface area contributed by atoms with Crippen molar-refractivity contribution < 1.29 is 14.0 Å². The Balaban J connectivity index is 1.61. The molecule has 5 aromatic rings. The second-order valence-electron chi connectivity index (χ2n) is 11.0. The van der Waals surface area contributed by atoms with E-state index in [4.69, 9.17) is 27.6 Å². The molecule has 0 saturated carbocycles. The number of aromatic nitrogens is 1. The zero-order chi connectivity index (χ0) is 29.9. The molecule has 42 heavy (non-hydrogen) atoms. The summed E-state index contributed by atoms with van der Waals surface area (Å²) in [6.07, 6.45) is 2.32. The molecule has 4 aromatic carbocycles. The van der Waals surface area contributed by atoms with Crippen molar-refractivity contribution in [2.75, 3.05) is 5.32 Å². The molecular formula is C34H30Cl2N2O3Si. The SMILES string of the molecule is CC(C)(C)[Si](OCc1c(C=O)cnc2c(NC(=O)c3c(Cl)cccc3Cl)cccc12)(c1ccccc1)c1ccccc1. The van der Waals surface area contributed by atoms with Gasteiger partial charge in [-0.15, -0.1) is 0 Å². The topological polar surface area (TPSA) is 68.3 Å². The summed E-state index contributed by atoms with van der Waals surface area (Å²) in [5, 5.41) is 6.14. The summed E-state index contributed by atoms with van der Waals surface area (Å²) in [5.74, 6) is -0.454. The van der Waals surface area contributed by atoms with Gasteiger partial charge in [0.15, 0.2) is 6.29 Å². The van der Waals surface area contributed by atoms with Gasteiger partial charge in [-0.2, -0.15) is 0 Å². The molecule has 0 radical (unpaired) electrons. The quantitative estimate of drug-likeness (QED) is 0.144. The zero-order valence-electron chi connectivity index (χ0n) is 23.5. The molecule has 5 nitrogen and oxygen atoms in total. The summed E-state index contributed by atoms with van der Waals surface area (Å²) in [4.78, 5) is 30.0. The van der Waals surface area contributed by atoms with Crippen LogP contribution in [0.5, 0.6) is 0 Å². The maximum absolute atomic E-state index is 13.2. The van der Waals surface area contributed by atoms with E-state index in [0.29, 0.717) is 27.7 Å². The second kappa shape index (κ2) is 12.2. The molecule has 0 atom stereocenters. The van der Waals surface area contributed by atoms with Crippen molar-refractivity contribution in [1.29, 1.82) is 0 Å². The second-order valence-corrected chi connectivity index (χ2v) is 16.1. The summed E-state index contributed by atoms with van der Waals surface area (Å²) in [5.41, 5.74) is 2.31. The number of amides is 1. The van der Waals surface area contributed by atoms with Gasteiger partial charge in [0, 0.05) is 17.1 Å². The number of carbonyl (C=O) groups excluding carboxylic acids is 2. The predicted molar refractivity (Wildman–Crippen MR) is 174 cm³/mol. The maximum Gasteiger partial charge on any atom is 0.261 e. The number of nitrogens with zero attached hydrogens (tertiary/aromatic N) is 1. The number of nitrogens with one attached hydrogen (secondary N) is 1. The van der Waals surface area contributed by atoms with E-state index in [1.54, 1.807) is 24.3 Å². The number of hydrogen-bond donors (Lipinski definition) is 1. The number of aldehydes is 1. The van der Waals surface area contributed by atoms with Gasteiger partial charge in [0.1, 0.15) is 0 Å².